The summed E-state index contributed by atoms with van der Waals surface area (Å²) in [6.45, 7) is 0. The minimum Gasteiger partial charge on any atom is -0.156 e. The number of halogens is 1. The maximum atomic E-state index is 3.48. The van der Waals surface area contributed by atoms with E-state index in [2.05, 4.69) is 87.3 Å². The smallest absolute Gasteiger partial charge is 0.156 e. The van der Waals surface area contributed by atoms with Crippen LogP contribution in [0.2, 0.25) is 0 Å². The van der Waals surface area contributed by atoms with Crippen molar-refractivity contribution in [3.05, 3.63) is 71.5 Å². The Labute approximate surface area is 129 Å². The standard InChI is InChI=1S/C17H11BrNS/c18-14-7-5-13(6-8-14)16-11-19-10-9-12-3-1-2-4-15(12)17(19)20-16/h1-11H/q+1. The van der Waals surface area contributed by atoms with E-state index in [9.17, 15) is 0 Å². The van der Waals surface area contributed by atoms with Gasteiger partial charge in [0.15, 0.2) is 12.4 Å². The molecule has 0 aliphatic heterocycles. The first-order valence-electron chi connectivity index (χ1n) is 6.40. The molecule has 20 heavy (non-hydrogen) atoms. The molecule has 4 rings (SSSR count). The molecule has 0 spiro atoms. The fraction of sp³-hybridized carbons (Fsp3) is 0. The minimum atomic E-state index is 1.11. The summed E-state index contributed by atoms with van der Waals surface area (Å²) in [4.78, 5) is 2.58. The van der Waals surface area contributed by atoms with Crippen LogP contribution in [0.15, 0.2) is 71.5 Å². The lowest BCUT2D eigenvalue weighted by atomic mass is 10.2. The van der Waals surface area contributed by atoms with Crippen molar-refractivity contribution in [2.24, 2.45) is 0 Å². The molecule has 2 heterocycles. The van der Waals surface area contributed by atoms with E-state index in [1.54, 1.807) is 0 Å². The van der Waals surface area contributed by atoms with Gasteiger partial charge in [-0.2, -0.15) is 4.40 Å². The largest absolute Gasteiger partial charge is 0.275 e. The van der Waals surface area contributed by atoms with Crippen LogP contribution in [-0.4, -0.2) is 0 Å². The Hall–Kier alpha value is -1.71. The molecule has 0 fully saturated rings. The van der Waals surface area contributed by atoms with Crippen LogP contribution in [0.4, 0.5) is 0 Å². The first kappa shape index (κ1) is 12.1. The van der Waals surface area contributed by atoms with Gasteiger partial charge in [0.2, 0.25) is 0 Å². The van der Waals surface area contributed by atoms with Crippen molar-refractivity contribution in [2.45, 2.75) is 0 Å². The average molecular weight is 341 g/mol. The van der Waals surface area contributed by atoms with Gasteiger partial charge in [0, 0.05) is 10.5 Å². The number of fused-ring (bicyclic) bond motifs is 3. The molecule has 0 unspecified atom stereocenters. The highest BCUT2D eigenvalue weighted by atomic mass is 79.9. The predicted octanol–water partition coefficient (Wildman–Crippen LogP) is 5.07. The van der Waals surface area contributed by atoms with Crippen LogP contribution < -0.4 is 4.40 Å². The fourth-order valence-corrected chi connectivity index (χ4v) is 3.83. The molecule has 0 atom stereocenters. The van der Waals surface area contributed by atoms with Crippen molar-refractivity contribution in [3.63, 3.8) is 0 Å². The van der Waals surface area contributed by atoms with E-state index in [0.717, 1.165) is 4.47 Å². The van der Waals surface area contributed by atoms with Crippen molar-refractivity contribution < 1.29 is 4.40 Å². The summed E-state index contributed by atoms with van der Waals surface area (Å²) in [5.74, 6) is 0. The Morgan fingerprint density at radius 3 is 2.55 bits per heavy atom. The first-order valence-corrected chi connectivity index (χ1v) is 8.01. The van der Waals surface area contributed by atoms with E-state index < -0.39 is 0 Å². The quantitative estimate of drug-likeness (QED) is 0.426. The van der Waals surface area contributed by atoms with Crippen LogP contribution >= 0.6 is 27.3 Å². The maximum Gasteiger partial charge on any atom is 0.275 e. The van der Waals surface area contributed by atoms with Crippen molar-refractivity contribution in [1.29, 1.82) is 0 Å². The summed E-state index contributed by atoms with van der Waals surface area (Å²) in [5.41, 5.74) is 1.26. The van der Waals surface area contributed by atoms with E-state index in [0.29, 0.717) is 0 Å². The summed E-state index contributed by atoms with van der Waals surface area (Å²) in [7, 11) is 0. The average Bonchev–Trinajstić information content (AvgIpc) is 2.92. The third-order valence-electron chi connectivity index (χ3n) is 3.43. The molecule has 0 aliphatic carbocycles. The zero-order valence-corrected chi connectivity index (χ0v) is 13.0. The van der Waals surface area contributed by atoms with Gasteiger partial charge in [0.05, 0.1) is 5.39 Å². The van der Waals surface area contributed by atoms with E-state index in [1.165, 1.54) is 26.0 Å². The van der Waals surface area contributed by atoms with Crippen LogP contribution in [0.25, 0.3) is 26.0 Å². The Morgan fingerprint density at radius 1 is 0.900 bits per heavy atom. The van der Waals surface area contributed by atoms with Crippen molar-refractivity contribution in [1.82, 2.24) is 0 Å². The Balaban J connectivity index is 1.98. The molecule has 0 bridgehead atoms. The second-order valence-electron chi connectivity index (χ2n) is 4.72. The second-order valence-corrected chi connectivity index (χ2v) is 6.66. The van der Waals surface area contributed by atoms with Crippen LogP contribution in [0.1, 0.15) is 0 Å². The van der Waals surface area contributed by atoms with Crippen LogP contribution in [-0.2, 0) is 0 Å². The highest BCUT2D eigenvalue weighted by Gasteiger charge is 2.14. The van der Waals surface area contributed by atoms with Gasteiger partial charge in [0.25, 0.3) is 4.83 Å². The van der Waals surface area contributed by atoms with Gasteiger partial charge >= 0.3 is 0 Å². The molecule has 4 aromatic rings. The third-order valence-corrected chi connectivity index (χ3v) is 5.15. The lowest BCUT2D eigenvalue weighted by Crippen LogP contribution is -2.16. The topological polar surface area (TPSA) is 4.10 Å². The van der Waals surface area contributed by atoms with Gasteiger partial charge in [-0.1, -0.05) is 57.6 Å². The number of hydrogen-bond acceptors (Lipinski definition) is 1. The van der Waals surface area contributed by atoms with Crippen LogP contribution in [0.3, 0.4) is 0 Å². The van der Waals surface area contributed by atoms with E-state index in [1.807, 2.05) is 11.3 Å². The van der Waals surface area contributed by atoms with Gasteiger partial charge in [-0.05, 0) is 29.1 Å². The Morgan fingerprint density at radius 2 is 1.70 bits per heavy atom. The molecule has 0 saturated heterocycles. The molecule has 2 aromatic carbocycles. The molecule has 3 heteroatoms. The van der Waals surface area contributed by atoms with Gasteiger partial charge in [0.1, 0.15) is 4.88 Å². The molecular weight excluding hydrogens is 330 g/mol. The molecule has 0 saturated carbocycles. The number of aromatic nitrogens is 1. The number of pyridine rings is 1. The van der Waals surface area contributed by atoms with Crippen molar-refractivity contribution in [3.8, 4) is 10.4 Å². The van der Waals surface area contributed by atoms with Gasteiger partial charge < -0.3 is 0 Å². The fourth-order valence-electron chi connectivity index (χ4n) is 2.42. The molecule has 0 radical (unpaired) electrons. The van der Waals surface area contributed by atoms with Gasteiger partial charge in [-0.15, -0.1) is 0 Å². The lowest BCUT2D eigenvalue weighted by molar-refractivity contribution is -0.505. The number of rotatable bonds is 1. The summed E-state index contributed by atoms with van der Waals surface area (Å²) in [5, 5.41) is 2.60. The van der Waals surface area contributed by atoms with E-state index >= 15 is 0 Å². The van der Waals surface area contributed by atoms with Crippen LogP contribution in [0.5, 0.6) is 0 Å². The van der Waals surface area contributed by atoms with Crippen LogP contribution in [0, 0.1) is 0 Å². The Bertz CT molecular complexity index is 909. The molecule has 0 N–H and O–H groups in total. The third kappa shape index (κ3) is 1.94. The predicted molar refractivity (Wildman–Crippen MR) is 88.1 cm³/mol. The number of benzene rings is 2. The van der Waals surface area contributed by atoms with E-state index in [-0.39, 0.29) is 0 Å². The number of thiazole rings is 1. The zero-order chi connectivity index (χ0) is 13.5. The van der Waals surface area contributed by atoms with Crippen molar-refractivity contribution in [2.75, 3.05) is 0 Å². The monoisotopic (exact) mass is 340 g/mol. The van der Waals surface area contributed by atoms with Gasteiger partial charge in [-0.25, -0.2) is 0 Å². The highest BCUT2D eigenvalue weighted by Crippen LogP contribution is 2.30. The Kier molecular flexibility index (Phi) is 2.83. The molecule has 1 nitrogen and oxygen atoms in total. The van der Waals surface area contributed by atoms with Gasteiger partial charge in [-0.3, -0.25) is 0 Å². The molecule has 96 valence electrons. The summed E-state index contributed by atoms with van der Waals surface area (Å²) in [6, 6.07) is 19.2. The lowest BCUT2D eigenvalue weighted by Gasteiger charge is -1.93. The minimum absolute atomic E-state index is 1.11. The second kappa shape index (κ2) is 4.69. The SMILES string of the molecule is Brc1ccc(-c2c[n+]3ccc4ccccc4c3s2)cc1. The summed E-state index contributed by atoms with van der Waals surface area (Å²) < 4.78 is 3.32. The molecule has 2 aromatic heterocycles. The highest BCUT2D eigenvalue weighted by molar-refractivity contribution is 9.10. The molecule has 0 amide bonds. The molecule has 0 aliphatic rings. The normalized spacial score (nSPS) is 11.2. The maximum absolute atomic E-state index is 3.48. The molecular formula is C17H11BrNS+. The van der Waals surface area contributed by atoms with E-state index in [4.69, 9.17) is 0 Å². The summed E-state index contributed by atoms with van der Waals surface area (Å²) in [6.07, 6.45) is 4.34. The summed E-state index contributed by atoms with van der Waals surface area (Å²) >= 11 is 5.32. The van der Waals surface area contributed by atoms with Crippen molar-refractivity contribution >= 4 is 42.9 Å². The number of hydrogen-bond donors (Lipinski definition) is 0. The first-order chi connectivity index (χ1) is 9.81. The zero-order valence-electron chi connectivity index (χ0n) is 10.6. The number of nitrogens with zero attached hydrogens (tertiary/aromatic N) is 1.